The number of primary amides is 1. The minimum absolute atomic E-state index is 0.0665. The number of aliphatic carboxylic acids is 1. The monoisotopic (exact) mass is 492 g/mol. The summed E-state index contributed by atoms with van der Waals surface area (Å²) in [5.41, 5.74) is 8.94. The van der Waals surface area contributed by atoms with Gasteiger partial charge in [0.25, 0.3) is 5.91 Å². The van der Waals surface area contributed by atoms with Crippen LogP contribution in [-0.4, -0.2) is 62.9 Å². The first kappa shape index (κ1) is 24.9. The largest absolute Gasteiger partial charge is 0.481 e. The third-order valence-electron chi connectivity index (χ3n) is 6.50. The molecular formula is C26H28N4O6. The number of ether oxygens (including phenoxy) is 1. The fourth-order valence-electron chi connectivity index (χ4n) is 4.57. The lowest BCUT2D eigenvalue weighted by atomic mass is 10.0. The molecule has 2 aliphatic heterocycles. The number of rotatable bonds is 8. The molecule has 0 spiro atoms. The van der Waals surface area contributed by atoms with Crippen molar-refractivity contribution < 1.29 is 29.0 Å². The summed E-state index contributed by atoms with van der Waals surface area (Å²) in [6.07, 6.45) is 1.75. The number of pyridine rings is 1. The Kier molecular flexibility index (Phi) is 7.33. The molecule has 0 saturated heterocycles. The van der Waals surface area contributed by atoms with Crippen molar-refractivity contribution in [2.24, 2.45) is 5.73 Å². The second-order valence-corrected chi connectivity index (χ2v) is 8.83. The molecule has 36 heavy (non-hydrogen) atoms. The first-order valence-corrected chi connectivity index (χ1v) is 11.8. The van der Waals surface area contributed by atoms with Crippen LogP contribution in [0.4, 0.5) is 4.79 Å². The predicted molar refractivity (Wildman–Crippen MR) is 129 cm³/mol. The summed E-state index contributed by atoms with van der Waals surface area (Å²) < 4.78 is 5.41. The lowest BCUT2D eigenvalue weighted by Crippen LogP contribution is -2.46. The molecule has 10 nitrogen and oxygen atoms in total. The number of aromatic nitrogens is 1. The predicted octanol–water partition coefficient (Wildman–Crippen LogP) is 2.74. The number of hydrogen-bond donors (Lipinski definition) is 2. The molecule has 4 rings (SSSR count). The SMILES string of the molecule is CC1c2nc(C3=CCN(C(=O)OCc4ccccc4)CC3)ccc2C(=O)N1[C@@H](CCC(=O)O)C(N)=O. The smallest absolute Gasteiger partial charge is 0.410 e. The van der Waals surface area contributed by atoms with E-state index in [4.69, 9.17) is 20.6 Å². The van der Waals surface area contributed by atoms with Gasteiger partial charge in [-0.05, 0) is 43.0 Å². The van der Waals surface area contributed by atoms with E-state index >= 15 is 0 Å². The molecule has 3 N–H and O–H groups in total. The van der Waals surface area contributed by atoms with Crippen molar-refractivity contribution >= 4 is 29.5 Å². The van der Waals surface area contributed by atoms with Crippen LogP contribution in [-0.2, 0) is 20.9 Å². The lowest BCUT2D eigenvalue weighted by molar-refractivity contribution is -0.137. The molecule has 2 atom stereocenters. The average molecular weight is 493 g/mol. The van der Waals surface area contributed by atoms with Crippen LogP contribution in [0.15, 0.2) is 48.5 Å². The van der Waals surface area contributed by atoms with Gasteiger partial charge >= 0.3 is 12.1 Å². The third kappa shape index (κ3) is 5.22. The number of nitrogens with zero attached hydrogens (tertiary/aromatic N) is 3. The highest BCUT2D eigenvalue weighted by Crippen LogP contribution is 2.36. The number of benzene rings is 1. The Bertz CT molecular complexity index is 1210. The Morgan fingerprint density at radius 1 is 1.19 bits per heavy atom. The Morgan fingerprint density at radius 2 is 1.94 bits per heavy atom. The van der Waals surface area contributed by atoms with E-state index in [1.807, 2.05) is 36.4 Å². The number of carbonyl (C=O) groups excluding carboxylic acids is 3. The second kappa shape index (κ2) is 10.6. The van der Waals surface area contributed by atoms with E-state index < -0.39 is 29.9 Å². The van der Waals surface area contributed by atoms with E-state index in [1.54, 1.807) is 24.0 Å². The first-order valence-electron chi connectivity index (χ1n) is 11.8. The van der Waals surface area contributed by atoms with Gasteiger partial charge in [-0.25, -0.2) is 4.79 Å². The van der Waals surface area contributed by atoms with Gasteiger partial charge in [-0.3, -0.25) is 19.4 Å². The third-order valence-corrected chi connectivity index (χ3v) is 6.50. The summed E-state index contributed by atoms with van der Waals surface area (Å²) in [4.78, 5) is 56.2. The molecule has 0 aliphatic carbocycles. The minimum atomic E-state index is -1.07. The summed E-state index contributed by atoms with van der Waals surface area (Å²) in [7, 11) is 0. The van der Waals surface area contributed by atoms with Crippen LogP contribution < -0.4 is 5.73 Å². The van der Waals surface area contributed by atoms with Crippen molar-refractivity contribution in [1.82, 2.24) is 14.8 Å². The number of carboxylic acid groups (broad SMARTS) is 1. The highest BCUT2D eigenvalue weighted by Gasteiger charge is 2.41. The zero-order valence-electron chi connectivity index (χ0n) is 19.9. The van der Waals surface area contributed by atoms with Crippen molar-refractivity contribution in [1.29, 1.82) is 0 Å². The number of nitrogens with two attached hydrogens (primary N) is 1. The van der Waals surface area contributed by atoms with Gasteiger partial charge in [-0.15, -0.1) is 0 Å². The Labute approximate surface area is 208 Å². The van der Waals surface area contributed by atoms with E-state index in [9.17, 15) is 19.2 Å². The van der Waals surface area contributed by atoms with E-state index in [0.29, 0.717) is 36.5 Å². The Hall–Kier alpha value is -4.21. The maximum atomic E-state index is 13.0. The highest BCUT2D eigenvalue weighted by atomic mass is 16.6. The molecule has 3 heterocycles. The van der Waals surface area contributed by atoms with Crippen molar-refractivity contribution in [2.75, 3.05) is 13.1 Å². The molecule has 0 fully saturated rings. The average Bonchev–Trinajstić information content (AvgIpc) is 3.12. The molecule has 1 unspecified atom stereocenters. The fourth-order valence-corrected chi connectivity index (χ4v) is 4.57. The summed E-state index contributed by atoms with van der Waals surface area (Å²) in [5, 5.41) is 9.00. The number of amides is 3. The summed E-state index contributed by atoms with van der Waals surface area (Å²) >= 11 is 0. The second-order valence-electron chi connectivity index (χ2n) is 8.83. The van der Waals surface area contributed by atoms with E-state index in [1.165, 1.54) is 4.90 Å². The zero-order chi connectivity index (χ0) is 25.8. The lowest BCUT2D eigenvalue weighted by Gasteiger charge is -2.29. The first-order chi connectivity index (χ1) is 17.3. The molecule has 3 amide bonds. The van der Waals surface area contributed by atoms with Crippen LogP contribution in [0.1, 0.15) is 59.5 Å². The van der Waals surface area contributed by atoms with Crippen LogP contribution in [0.25, 0.3) is 5.57 Å². The number of carboxylic acids is 1. The van der Waals surface area contributed by atoms with Gasteiger partial charge in [0.15, 0.2) is 0 Å². The standard InChI is InChI=1S/C26H28N4O6/c1-16-23-19(25(34)30(16)21(24(27)33)9-10-22(31)32)7-8-20(28-23)18-11-13-29(14-12-18)26(35)36-15-17-5-3-2-4-6-17/h2-8,11,16,21H,9-10,12-15H2,1H3,(H2,27,33)(H,31,32)/t16?,21-/m0/s1. The maximum Gasteiger partial charge on any atom is 0.410 e. The van der Waals surface area contributed by atoms with Gasteiger partial charge in [0.1, 0.15) is 12.6 Å². The van der Waals surface area contributed by atoms with Gasteiger partial charge < -0.3 is 25.4 Å². The normalized spacial score (nSPS) is 17.9. The minimum Gasteiger partial charge on any atom is -0.481 e. The van der Waals surface area contributed by atoms with Crippen molar-refractivity contribution in [3.8, 4) is 0 Å². The summed E-state index contributed by atoms with van der Waals surface area (Å²) in [6, 6.07) is 11.3. The van der Waals surface area contributed by atoms with Crippen LogP contribution in [0.3, 0.4) is 0 Å². The van der Waals surface area contributed by atoms with Gasteiger partial charge in [0.05, 0.1) is 23.0 Å². The van der Waals surface area contributed by atoms with Crippen molar-refractivity contribution in [2.45, 2.75) is 44.9 Å². The summed E-state index contributed by atoms with van der Waals surface area (Å²) in [5.74, 6) is -2.21. The molecule has 0 saturated carbocycles. The number of carbonyl (C=O) groups is 4. The molecule has 1 aromatic heterocycles. The summed E-state index contributed by atoms with van der Waals surface area (Å²) in [6.45, 7) is 2.80. The van der Waals surface area contributed by atoms with Gasteiger partial charge in [-0.2, -0.15) is 0 Å². The van der Waals surface area contributed by atoms with Crippen LogP contribution >= 0.6 is 0 Å². The Balaban J connectivity index is 1.44. The molecule has 10 heteroatoms. The fraction of sp³-hybridized carbons (Fsp3) is 0.346. The quantitative estimate of drug-likeness (QED) is 0.577. The molecule has 188 valence electrons. The van der Waals surface area contributed by atoms with Gasteiger partial charge in [0.2, 0.25) is 5.91 Å². The van der Waals surface area contributed by atoms with Gasteiger partial charge in [-0.1, -0.05) is 36.4 Å². The van der Waals surface area contributed by atoms with Crippen molar-refractivity contribution in [3.63, 3.8) is 0 Å². The molecular weight excluding hydrogens is 464 g/mol. The highest BCUT2D eigenvalue weighted by molar-refractivity contribution is 6.01. The van der Waals surface area contributed by atoms with E-state index in [2.05, 4.69) is 0 Å². The Morgan fingerprint density at radius 3 is 2.58 bits per heavy atom. The molecule has 0 bridgehead atoms. The van der Waals surface area contributed by atoms with Crippen LogP contribution in [0.2, 0.25) is 0 Å². The molecule has 2 aromatic rings. The molecule has 2 aliphatic rings. The van der Waals surface area contributed by atoms with Crippen molar-refractivity contribution in [3.05, 3.63) is 71.1 Å². The van der Waals surface area contributed by atoms with Crippen LogP contribution in [0, 0.1) is 0 Å². The zero-order valence-corrected chi connectivity index (χ0v) is 19.9. The van der Waals surface area contributed by atoms with E-state index in [0.717, 1.165) is 11.1 Å². The molecule has 0 radical (unpaired) electrons. The van der Waals surface area contributed by atoms with E-state index in [-0.39, 0.29) is 25.5 Å². The number of hydrogen-bond acceptors (Lipinski definition) is 6. The van der Waals surface area contributed by atoms with Crippen LogP contribution in [0.5, 0.6) is 0 Å². The van der Waals surface area contributed by atoms with Gasteiger partial charge in [0, 0.05) is 19.5 Å². The number of fused-ring (bicyclic) bond motifs is 1. The molecule has 1 aromatic carbocycles. The topological polar surface area (TPSA) is 143 Å². The maximum absolute atomic E-state index is 13.0.